The highest BCUT2D eigenvalue weighted by molar-refractivity contribution is 6.35. The van der Waals surface area contributed by atoms with Gasteiger partial charge in [0.15, 0.2) is 11.5 Å². The Bertz CT molecular complexity index is 561. The Morgan fingerprint density at radius 1 is 1.18 bits per heavy atom. The largest absolute Gasteiger partial charge is 0.493 e. The Hall–Kier alpha value is -1.26. The van der Waals surface area contributed by atoms with Crippen molar-refractivity contribution in [2.24, 2.45) is 0 Å². The monoisotopic (exact) mass is 272 g/mol. The molecule has 0 atom stereocenters. The minimum Gasteiger partial charge on any atom is -0.493 e. The van der Waals surface area contributed by atoms with Crippen LogP contribution in [0.2, 0.25) is 10.4 Å². The van der Waals surface area contributed by atoms with Gasteiger partial charge in [0, 0.05) is 11.5 Å². The van der Waals surface area contributed by atoms with E-state index in [2.05, 4.69) is 9.97 Å². The highest BCUT2D eigenvalue weighted by Crippen LogP contribution is 2.34. The summed E-state index contributed by atoms with van der Waals surface area (Å²) in [6.07, 6.45) is 0. The second-order valence-electron chi connectivity index (χ2n) is 3.24. The van der Waals surface area contributed by atoms with E-state index in [1.54, 1.807) is 19.2 Å². The van der Waals surface area contributed by atoms with E-state index in [0.717, 1.165) is 0 Å². The fourth-order valence-electron chi connectivity index (χ4n) is 1.50. The lowest BCUT2D eigenvalue weighted by Gasteiger charge is -2.10. The molecule has 0 saturated heterocycles. The predicted octanol–water partition coefficient (Wildman–Crippen LogP) is 3.34. The Morgan fingerprint density at radius 3 is 2.59 bits per heavy atom. The zero-order valence-corrected chi connectivity index (χ0v) is 10.8. The van der Waals surface area contributed by atoms with Gasteiger partial charge >= 0.3 is 0 Å². The van der Waals surface area contributed by atoms with Crippen LogP contribution in [0, 0.1) is 0 Å². The van der Waals surface area contributed by atoms with E-state index in [1.165, 1.54) is 0 Å². The third-order valence-electron chi connectivity index (χ3n) is 2.21. The molecule has 1 aromatic carbocycles. The second kappa shape index (κ2) is 4.94. The van der Waals surface area contributed by atoms with Gasteiger partial charge in [0.25, 0.3) is 0 Å². The fraction of sp³-hybridized carbons (Fsp3) is 0.273. The summed E-state index contributed by atoms with van der Waals surface area (Å²) in [6.45, 7) is 2.43. The molecule has 0 spiro atoms. The van der Waals surface area contributed by atoms with E-state index in [4.69, 9.17) is 32.7 Å². The molecule has 0 unspecified atom stereocenters. The standard InChI is InChI=1S/C11H10Cl2N2O2/c1-3-17-9-5-7-6(4-8(9)16-2)10(12)15-11(13)14-7/h4-5H,3H2,1-2H3. The molecule has 0 aliphatic carbocycles. The van der Waals surface area contributed by atoms with Gasteiger partial charge in [0.1, 0.15) is 5.15 Å². The average Bonchev–Trinajstić information content (AvgIpc) is 2.28. The minimum absolute atomic E-state index is 0.107. The van der Waals surface area contributed by atoms with Gasteiger partial charge in [-0.2, -0.15) is 0 Å². The molecule has 0 aliphatic rings. The summed E-state index contributed by atoms with van der Waals surface area (Å²) in [6, 6.07) is 3.47. The van der Waals surface area contributed by atoms with Crippen molar-refractivity contribution in [3.05, 3.63) is 22.6 Å². The maximum absolute atomic E-state index is 5.99. The number of halogens is 2. The molecule has 90 valence electrons. The topological polar surface area (TPSA) is 44.2 Å². The summed E-state index contributed by atoms with van der Waals surface area (Å²) < 4.78 is 10.7. The average molecular weight is 273 g/mol. The van der Waals surface area contributed by atoms with Gasteiger partial charge in [0.2, 0.25) is 5.28 Å². The van der Waals surface area contributed by atoms with Crippen LogP contribution in [0.1, 0.15) is 6.92 Å². The maximum atomic E-state index is 5.99. The van der Waals surface area contributed by atoms with Crippen LogP contribution in [0.25, 0.3) is 10.9 Å². The first kappa shape index (κ1) is 12.2. The van der Waals surface area contributed by atoms with Crippen molar-refractivity contribution in [2.45, 2.75) is 6.92 Å². The Morgan fingerprint density at radius 2 is 1.94 bits per heavy atom. The molecule has 1 heterocycles. The van der Waals surface area contributed by atoms with Crippen LogP contribution in [0.5, 0.6) is 11.5 Å². The molecule has 0 bridgehead atoms. The van der Waals surface area contributed by atoms with E-state index in [-0.39, 0.29) is 5.28 Å². The number of ether oxygens (including phenoxy) is 2. The number of nitrogens with zero attached hydrogens (tertiary/aromatic N) is 2. The number of rotatable bonds is 3. The number of aromatic nitrogens is 2. The number of methoxy groups -OCH3 is 1. The molecule has 17 heavy (non-hydrogen) atoms. The summed E-state index contributed by atoms with van der Waals surface area (Å²) in [5.41, 5.74) is 0.624. The van der Waals surface area contributed by atoms with Crippen molar-refractivity contribution in [3.8, 4) is 11.5 Å². The molecule has 0 aliphatic heterocycles. The van der Waals surface area contributed by atoms with Crippen LogP contribution in [-0.2, 0) is 0 Å². The van der Waals surface area contributed by atoms with Crippen LogP contribution >= 0.6 is 23.2 Å². The highest BCUT2D eigenvalue weighted by atomic mass is 35.5. The van der Waals surface area contributed by atoms with Crippen molar-refractivity contribution in [1.29, 1.82) is 0 Å². The number of benzene rings is 1. The smallest absolute Gasteiger partial charge is 0.224 e. The van der Waals surface area contributed by atoms with Gasteiger partial charge in [-0.1, -0.05) is 11.6 Å². The van der Waals surface area contributed by atoms with Crippen LogP contribution in [0.15, 0.2) is 12.1 Å². The normalized spacial score (nSPS) is 10.6. The SMILES string of the molecule is CCOc1cc2nc(Cl)nc(Cl)c2cc1OC. The first-order chi connectivity index (χ1) is 8.15. The Labute approximate surface area is 108 Å². The quantitative estimate of drug-likeness (QED) is 0.635. The lowest BCUT2D eigenvalue weighted by Crippen LogP contribution is -1.96. The van der Waals surface area contributed by atoms with Crippen LogP contribution in [-0.4, -0.2) is 23.7 Å². The molecular weight excluding hydrogens is 263 g/mol. The number of fused-ring (bicyclic) bond motifs is 1. The maximum Gasteiger partial charge on any atom is 0.224 e. The first-order valence-corrected chi connectivity index (χ1v) is 5.75. The third kappa shape index (κ3) is 2.37. The molecule has 0 radical (unpaired) electrons. The molecule has 6 heteroatoms. The zero-order chi connectivity index (χ0) is 12.4. The van der Waals surface area contributed by atoms with Crippen LogP contribution in [0.3, 0.4) is 0 Å². The molecule has 2 aromatic rings. The number of hydrogen-bond donors (Lipinski definition) is 0. The van der Waals surface area contributed by atoms with Gasteiger partial charge in [-0.25, -0.2) is 9.97 Å². The predicted molar refractivity (Wildman–Crippen MR) is 67.3 cm³/mol. The lowest BCUT2D eigenvalue weighted by atomic mass is 10.2. The lowest BCUT2D eigenvalue weighted by molar-refractivity contribution is 0.311. The van der Waals surface area contributed by atoms with Crippen molar-refractivity contribution in [2.75, 3.05) is 13.7 Å². The summed E-state index contributed by atoms with van der Waals surface area (Å²) in [4.78, 5) is 7.97. The van der Waals surface area contributed by atoms with Gasteiger partial charge in [0.05, 0.1) is 19.2 Å². The molecule has 0 fully saturated rings. The summed E-state index contributed by atoms with van der Waals surface area (Å²) >= 11 is 11.7. The van der Waals surface area contributed by atoms with Crippen LogP contribution < -0.4 is 9.47 Å². The summed E-state index contributed by atoms with van der Waals surface area (Å²) in [5.74, 6) is 1.19. The number of hydrogen-bond acceptors (Lipinski definition) is 4. The van der Waals surface area contributed by atoms with Crippen LogP contribution in [0.4, 0.5) is 0 Å². The van der Waals surface area contributed by atoms with Gasteiger partial charge in [-0.15, -0.1) is 0 Å². The Balaban J connectivity index is 2.69. The third-order valence-corrected chi connectivity index (χ3v) is 2.66. The van der Waals surface area contributed by atoms with Gasteiger partial charge in [-0.05, 0) is 24.6 Å². The molecule has 4 nitrogen and oxygen atoms in total. The van der Waals surface area contributed by atoms with Gasteiger partial charge < -0.3 is 9.47 Å². The van der Waals surface area contributed by atoms with E-state index in [9.17, 15) is 0 Å². The van der Waals surface area contributed by atoms with E-state index < -0.39 is 0 Å². The first-order valence-electron chi connectivity index (χ1n) is 4.99. The summed E-state index contributed by atoms with van der Waals surface area (Å²) in [5, 5.41) is 1.08. The second-order valence-corrected chi connectivity index (χ2v) is 3.93. The van der Waals surface area contributed by atoms with Gasteiger partial charge in [-0.3, -0.25) is 0 Å². The molecule has 1 aromatic heterocycles. The minimum atomic E-state index is 0.107. The van der Waals surface area contributed by atoms with E-state index >= 15 is 0 Å². The zero-order valence-electron chi connectivity index (χ0n) is 9.33. The fourth-order valence-corrected chi connectivity index (χ4v) is 1.95. The summed E-state index contributed by atoms with van der Waals surface area (Å²) in [7, 11) is 1.56. The van der Waals surface area contributed by atoms with Crippen molar-refractivity contribution >= 4 is 34.1 Å². The van der Waals surface area contributed by atoms with Crippen molar-refractivity contribution in [3.63, 3.8) is 0 Å². The highest BCUT2D eigenvalue weighted by Gasteiger charge is 2.11. The Kier molecular flexibility index (Phi) is 3.54. The van der Waals surface area contributed by atoms with Crippen molar-refractivity contribution < 1.29 is 9.47 Å². The van der Waals surface area contributed by atoms with E-state index in [1.807, 2.05) is 6.92 Å². The molecule has 0 saturated carbocycles. The molecule has 0 N–H and O–H groups in total. The molecule has 0 amide bonds. The molecular formula is C11H10Cl2N2O2. The molecule has 2 rings (SSSR count). The van der Waals surface area contributed by atoms with Crippen molar-refractivity contribution in [1.82, 2.24) is 9.97 Å². The van der Waals surface area contributed by atoms with E-state index in [0.29, 0.717) is 34.2 Å².